The van der Waals surface area contributed by atoms with Gasteiger partial charge < -0.3 is 24.1 Å². The van der Waals surface area contributed by atoms with E-state index >= 15 is 0 Å². The molecule has 2 unspecified atom stereocenters. The van der Waals surface area contributed by atoms with Gasteiger partial charge in [-0.15, -0.1) is 0 Å². The van der Waals surface area contributed by atoms with Crippen LogP contribution in [0, 0.1) is 0 Å². The zero-order valence-corrected chi connectivity index (χ0v) is 26.2. The van der Waals surface area contributed by atoms with Gasteiger partial charge in [0.05, 0.1) is 30.8 Å². The Morgan fingerprint density at radius 3 is 2.14 bits per heavy atom. The van der Waals surface area contributed by atoms with E-state index in [1.54, 1.807) is 24.3 Å². The normalized spacial score (nSPS) is 16.6. The van der Waals surface area contributed by atoms with Gasteiger partial charge >= 0.3 is 5.97 Å². The van der Waals surface area contributed by atoms with E-state index in [1.165, 1.54) is 20.8 Å². The van der Waals surface area contributed by atoms with Crippen LogP contribution < -0.4 is 14.2 Å². The van der Waals surface area contributed by atoms with E-state index in [0.29, 0.717) is 67.3 Å². The molecular formula is C34H44O9. The summed E-state index contributed by atoms with van der Waals surface area (Å²) in [5.41, 5.74) is 1.38. The summed E-state index contributed by atoms with van der Waals surface area (Å²) in [6.07, 6.45) is 3.27. The Balaban J connectivity index is 1.70. The predicted octanol–water partition coefficient (Wildman–Crippen LogP) is 6.37. The second-order valence-electron chi connectivity index (χ2n) is 11.4. The zero-order chi connectivity index (χ0) is 31.7. The molecule has 0 bridgehead atoms. The van der Waals surface area contributed by atoms with Gasteiger partial charge in [0.2, 0.25) is 0 Å². The molecule has 0 radical (unpaired) electrons. The van der Waals surface area contributed by atoms with Gasteiger partial charge in [0.15, 0.2) is 23.5 Å². The van der Waals surface area contributed by atoms with Crippen molar-refractivity contribution in [2.45, 2.75) is 105 Å². The summed E-state index contributed by atoms with van der Waals surface area (Å²) in [5.74, 6) is 0.646. The molecule has 0 amide bonds. The van der Waals surface area contributed by atoms with Crippen LogP contribution in [0.5, 0.6) is 23.0 Å². The largest absolute Gasteiger partial charge is 0.507 e. The number of Topliss-reactive ketones (excluding diaryl/α,β-unsaturated/α-hetero) is 3. The van der Waals surface area contributed by atoms with Crippen LogP contribution in [-0.4, -0.2) is 53.3 Å². The van der Waals surface area contributed by atoms with E-state index in [1.807, 2.05) is 20.8 Å². The molecule has 0 spiro atoms. The minimum absolute atomic E-state index is 0.0221. The molecule has 9 heteroatoms. The number of carbonyl (C=O) groups is 4. The maximum Gasteiger partial charge on any atom is 0.303 e. The summed E-state index contributed by atoms with van der Waals surface area (Å²) in [6, 6.07) is 6.84. The highest BCUT2D eigenvalue weighted by Gasteiger charge is 2.39. The Kier molecular flexibility index (Phi) is 11.7. The van der Waals surface area contributed by atoms with Crippen molar-refractivity contribution in [1.29, 1.82) is 0 Å². The topological polar surface area (TPSA) is 125 Å². The number of hydrogen-bond acceptors (Lipinski definition) is 9. The molecule has 43 heavy (non-hydrogen) atoms. The molecule has 0 aromatic heterocycles. The lowest BCUT2D eigenvalue weighted by Gasteiger charge is -2.37. The van der Waals surface area contributed by atoms with Gasteiger partial charge in [0, 0.05) is 24.5 Å². The fourth-order valence-corrected chi connectivity index (χ4v) is 5.36. The summed E-state index contributed by atoms with van der Waals surface area (Å²) in [7, 11) is 0. The second kappa shape index (κ2) is 15.0. The smallest absolute Gasteiger partial charge is 0.303 e. The van der Waals surface area contributed by atoms with E-state index in [9.17, 15) is 24.3 Å². The van der Waals surface area contributed by atoms with Crippen molar-refractivity contribution in [3.05, 3.63) is 46.5 Å². The zero-order valence-electron chi connectivity index (χ0n) is 26.2. The van der Waals surface area contributed by atoms with Gasteiger partial charge in [-0.2, -0.15) is 0 Å². The molecule has 9 nitrogen and oxygen atoms in total. The number of benzene rings is 2. The number of phenols is 1. The Morgan fingerprint density at radius 1 is 0.953 bits per heavy atom. The van der Waals surface area contributed by atoms with E-state index in [0.717, 1.165) is 18.4 Å². The van der Waals surface area contributed by atoms with E-state index in [2.05, 4.69) is 0 Å². The monoisotopic (exact) mass is 596 g/mol. The lowest BCUT2D eigenvalue weighted by Crippen LogP contribution is -2.41. The van der Waals surface area contributed by atoms with Crippen molar-refractivity contribution < 1.29 is 43.2 Å². The number of fused-ring (bicyclic) bond motifs is 1. The van der Waals surface area contributed by atoms with Crippen molar-refractivity contribution in [3.63, 3.8) is 0 Å². The van der Waals surface area contributed by atoms with Gasteiger partial charge in [-0.1, -0.05) is 26.7 Å². The number of esters is 1. The van der Waals surface area contributed by atoms with Crippen molar-refractivity contribution in [3.8, 4) is 23.0 Å². The summed E-state index contributed by atoms with van der Waals surface area (Å²) < 4.78 is 23.8. The molecule has 2 aromatic rings. The molecule has 0 saturated carbocycles. The summed E-state index contributed by atoms with van der Waals surface area (Å²) in [5, 5.41) is 10.6. The number of carbonyl (C=O) groups excluding carboxylic acids is 4. The molecule has 1 N–H and O–H groups in total. The van der Waals surface area contributed by atoms with Gasteiger partial charge in [-0.05, 0) is 70.7 Å². The number of aromatic hydroxyl groups is 1. The van der Waals surface area contributed by atoms with Crippen molar-refractivity contribution in [1.82, 2.24) is 0 Å². The van der Waals surface area contributed by atoms with Crippen LogP contribution in [0.25, 0.3) is 0 Å². The van der Waals surface area contributed by atoms with Crippen LogP contribution in [0.4, 0.5) is 0 Å². The van der Waals surface area contributed by atoms with Crippen molar-refractivity contribution >= 4 is 23.3 Å². The van der Waals surface area contributed by atoms with E-state index < -0.39 is 17.7 Å². The van der Waals surface area contributed by atoms with Crippen LogP contribution in [0.3, 0.4) is 0 Å². The fraction of sp³-hybridized carbons (Fsp3) is 0.529. The first-order chi connectivity index (χ1) is 20.4. The lowest BCUT2D eigenvalue weighted by atomic mass is 9.85. The van der Waals surface area contributed by atoms with E-state index in [4.69, 9.17) is 18.9 Å². The first-order valence-electron chi connectivity index (χ1n) is 15.1. The molecule has 1 aliphatic rings. The van der Waals surface area contributed by atoms with Crippen molar-refractivity contribution in [2.24, 2.45) is 0 Å². The third-order valence-electron chi connectivity index (χ3n) is 7.52. The number of hydrogen-bond donors (Lipinski definition) is 1. The first-order valence-corrected chi connectivity index (χ1v) is 15.1. The number of ether oxygens (including phenoxy) is 4. The Morgan fingerprint density at radius 2 is 1.56 bits per heavy atom. The van der Waals surface area contributed by atoms with Gasteiger partial charge in [-0.3, -0.25) is 19.2 Å². The standard InChI is InChI=1S/C34H44O9/c1-7-10-26-30(14-12-24(21(3)35)32(26)39)40-18-9-19-41-31-15-13-25-28(38)20-34(6,43-33(25)27(31)11-8-2)17-16-29(22(4)36)42-23(5)37/h12-15,29,39H,7-11,16-20H2,1-6H3. The number of phenolic OH excluding ortho intramolecular Hbond substituents is 1. The van der Waals surface area contributed by atoms with Crippen LogP contribution >= 0.6 is 0 Å². The third-order valence-corrected chi connectivity index (χ3v) is 7.52. The van der Waals surface area contributed by atoms with Crippen molar-refractivity contribution in [2.75, 3.05) is 13.2 Å². The average Bonchev–Trinajstić information content (AvgIpc) is 2.93. The molecule has 0 saturated heterocycles. The second-order valence-corrected chi connectivity index (χ2v) is 11.4. The van der Waals surface area contributed by atoms with Crippen LogP contribution in [-0.2, 0) is 27.2 Å². The van der Waals surface area contributed by atoms with Crippen LogP contribution in [0.1, 0.15) is 112 Å². The highest BCUT2D eigenvalue weighted by molar-refractivity contribution is 6.01. The minimum atomic E-state index is -0.879. The number of rotatable bonds is 16. The van der Waals surface area contributed by atoms with Crippen LogP contribution in [0.2, 0.25) is 0 Å². The molecular weight excluding hydrogens is 552 g/mol. The maximum atomic E-state index is 13.2. The average molecular weight is 597 g/mol. The molecule has 0 fully saturated rings. The molecule has 1 aliphatic heterocycles. The highest BCUT2D eigenvalue weighted by atomic mass is 16.5. The fourth-order valence-electron chi connectivity index (χ4n) is 5.36. The van der Waals surface area contributed by atoms with Gasteiger partial charge in [0.25, 0.3) is 0 Å². The Hall–Kier alpha value is -3.88. The first kappa shape index (κ1) is 33.6. The Bertz CT molecular complexity index is 1350. The SMILES string of the molecule is CCCc1c(OCCCOc2ccc3c(c2CCC)OC(C)(CCC(OC(C)=O)C(C)=O)CC3=O)ccc(C(C)=O)c1O. The molecule has 1 heterocycles. The Labute approximate surface area is 253 Å². The summed E-state index contributed by atoms with van der Waals surface area (Å²) in [6.45, 7) is 10.6. The number of ketones is 3. The quantitative estimate of drug-likeness (QED) is 0.134. The van der Waals surface area contributed by atoms with Crippen LogP contribution in [0.15, 0.2) is 24.3 Å². The molecule has 2 atom stereocenters. The third kappa shape index (κ3) is 8.58. The maximum absolute atomic E-state index is 13.2. The summed E-state index contributed by atoms with van der Waals surface area (Å²) in [4.78, 5) is 48.5. The molecule has 0 aliphatic carbocycles. The van der Waals surface area contributed by atoms with Gasteiger partial charge in [-0.25, -0.2) is 0 Å². The molecule has 3 rings (SSSR count). The molecule has 234 valence electrons. The highest BCUT2D eigenvalue weighted by Crippen LogP contribution is 2.42. The van der Waals surface area contributed by atoms with E-state index in [-0.39, 0.29) is 41.5 Å². The predicted molar refractivity (Wildman–Crippen MR) is 162 cm³/mol. The lowest BCUT2D eigenvalue weighted by molar-refractivity contribution is -0.153. The molecule has 2 aromatic carbocycles. The summed E-state index contributed by atoms with van der Waals surface area (Å²) >= 11 is 0. The minimum Gasteiger partial charge on any atom is -0.507 e. The van der Waals surface area contributed by atoms with Gasteiger partial charge in [0.1, 0.15) is 28.6 Å².